The third kappa shape index (κ3) is 10.8. The highest BCUT2D eigenvalue weighted by Gasteiger charge is 2.30. The number of nitrogens with zero attached hydrogens (tertiary/aromatic N) is 1. The summed E-state index contributed by atoms with van der Waals surface area (Å²) < 4.78 is 15.0. The molecule has 1 heterocycles. The average Bonchev–Trinajstić information content (AvgIpc) is 2.97. The summed E-state index contributed by atoms with van der Waals surface area (Å²) in [4.78, 5) is 0. The summed E-state index contributed by atoms with van der Waals surface area (Å²) in [6.07, 6.45) is 22.1. The van der Waals surface area contributed by atoms with Gasteiger partial charge in [0.1, 0.15) is 6.54 Å². The van der Waals surface area contributed by atoms with Crippen molar-refractivity contribution >= 4 is 5.71 Å². The van der Waals surface area contributed by atoms with Crippen molar-refractivity contribution in [3.05, 3.63) is 58.1 Å². The van der Waals surface area contributed by atoms with E-state index < -0.39 is 0 Å². The van der Waals surface area contributed by atoms with Gasteiger partial charge in [-0.25, -0.2) is 4.58 Å². The number of unbranched alkanes of at least 4 members (excludes halogenated alkanes) is 13. The lowest BCUT2D eigenvalue weighted by atomic mass is 9.91. The second-order valence-electron chi connectivity index (χ2n) is 12.4. The number of aryl methyl sites for hydroxylation is 2. The molecule has 3 rings (SSSR count). The zero-order chi connectivity index (χ0) is 29.3. The summed E-state index contributed by atoms with van der Waals surface area (Å²) in [7, 11) is 1.78. The Morgan fingerprint density at radius 2 is 1.37 bits per heavy atom. The molecule has 3 heteroatoms. The molecule has 0 N–H and O–H groups in total. The van der Waals surface area contributed by atoms with E-state index in [4.69, 9.17) is 9.47 Å². The van der Waals surface area contributed by atoms with Crippen molar-refractivity contribution in [2.45, 2.75) is 143 Å². The summed E-state index contributed by atoms with van der Waals surface area (Å²) in [5, 5.41) is 0. The molecule has 0 aromatic heterocycles. The average molecular weight is 563 g/mol. The van der Waals surface area contributed by atoms with Crippen molar-refractivity contribution in [2.75, 3.05) is 20.3 Å². The van der Waals surface area contributed by atoms with Gasteiger partial charge in [0.15, 0.2) is 23.8 Å². The number of hydrogen-bond donors (Lipinski definition) is 0. The molecule has 1 aliphatic rings. The van der Waals surface area contributed by atoms with Crippen LogP contribution in [0.1, 0.15) is 144 Å². The van der Waals surface area contributed by atoms with Gasteiger partial charge in [0.05, 0.1) is 13.7 Å². The second-order valence-corrected chi connectivity index (χ2v) is 12.4. The molecule has 1 aliphatic heterocycles. The molecule has 0 bridgehead atoms. The molecule has 228 valence electrons. The van der Waals surface area contributed by atoms with Gasteiger partial charge >= 0.3 is 0 Å². The maximum absolute atomic E-state index is 6.51. The summed E-state index contributed by atoms with van der Waals surface area (Å²) in [6.45, 7) is 11.8. The molecule has 41 heavy (non-hydrogen) atoms. The molecule has 0 unspecified atom stereocenters. The number of hydrogen-bond acceptors (Lipinski definition) is 2. The highest BCUT2D eigenvalue weighted by atomic mass is 16.5. The molecule has 0 saturated heterocycles. The van der Waals surface area contributed by atoms with Crippen LogP contribution in [0.15, 0.2) is 30.3 Å². The largest absolute Gasteiger partial charge is 0.493 e. The summed E-state index contributed by atoms with van der Waals surface area (Å²) in [5.74, 6) is 1.88. The Labute approximate surface area is 252 Å². The Morgan fingerprint density at radius 3 is 2.00 bits per heavy atom. The minimum absolute atomic E-state index is 0.777. The molecule has 0 spiro atoms. The lowest BCUT2D eigenvalue weighted by Gasteiger charge is -2.23. The molecular weight excluding hydrogens is 502 g/mol. The van der Waals surface area contributed by atoms with Crippen LogP contribution in [0.5, 0.6) is 11.5 Å². The second kappa shape index (κ2) is 19.0. The predicted molar refractivity (Wildman–Crippen MR) is 176 cm³/mol. The minimum atomic E-state index is 0.777. The fourth-order valence-corrected chi connectivity index (χ4v) is 6.35. The van der Waals surface area contributed by atoms with Gasteiger partial charge in [0.25, 0.3) is 0 Å². The maximum atomic E-state index is 6.51. The van der Waals surface area contributed by atoms with E-state index in [-0.39, 0.29) is 0 Å². The van der Waals surface area contributed by atoms with E-state index in [1.807, 2.05) is 0 Å². The molecule has 0 radical (unpaired) electrons. The Morgan fingerprint density at radius 1 is 0.732 bits per heavy atom. The lowest BCUT2D eigenvalue weighted by Crippen LogP contribution is -2.30. The normalized spacial score (nSPS) is 13.0. The van der Waals surface area contributed by atoms with E-state index in [0.717, 1.165) is 50.5 Å². The van der Waals surface area contributed by atoms with Gasteiger partial charge in [-0.05, 0) is 44.4 Å². The minimum Gasteiger partial charge on any atom is -0.493 e. The van der Waals surface area contributed by atoms with Crippen LogP contribution in [0.2, 0.25) is 0 Å². The number of ether oxygens (including phenoxy) is 2. The van der Waals surface area contributed by atoms with Crippen LogP contribution < -0.4 is 9.47 Å². The van der Waals surface area contributed by atoms with Gasteiger partial charge in [-0.3, -0.25) is 0 Å². The molecule has 2 aromatic rings. The van der Waals surface area contributed by atoms with Gasteiger partial charge in [0.2, 0.25) is 0 Å². The zero-order valence-electron chi connectivity index (χ0n) is 27.3. The van der Waals surface area contributed by atoms with Gasteiger partial charge in [0, 0.05) is 29.5 Å². The quantitative estimate of drug-likeness (QED) is 0.111. The fraction of sp³-hybridized carbons (Fsp3) is 0.658. The zero-order valence-corrected chi connectivity index (χ0v) is 27.3. The third-order valence-corrected chi connectivity index (χ3v) is 8.89. The number of benzene rings is 2. The summed E-state index contributed by atoms with van der Waals surface area (Å²) >= 11 is 0. The Hall–Kier alpha value is -2.29. The molecular formula is C38H60NO2+. The SMILES string of the molecule is CCCCCCCCCCCC1=[N+](Cc2ccc(C)cc2C)CCc2c1ccc(OC)c2OCCCCCCCC. The van der Waals surface area contributed by atoms with E-state index >= 15 is 0 Å². The monoisotopic (exact) mass is 562 g/mol. The van der Waals surface area contributed by atoms with Crippen LogP contribution in [-0.2, 0) is 13.0 Å². The third-order valence-electron chi connectivity index (χ3n) is 8.89. The van der Waals surface area contributed by atoms with Gasteiger partial charge in [-0.15, -0.1) is 0 Å². The van der Waals surface area contributed by atoms with Crippen molar-refractivity contribution in [2.24, 2.45) is 0 Å². The summed E-state index contributed by atoms with van der Waals surface area (Å²) in [5.41, 5.74) is 8.43. The van der Waals surface area contributed by atoms with E-state index in [0.29, 0.717) is 0 Å². The first kappa shape index (κ1) is 33.2. The maximum Gasteiger partial charge on any atom is 0.184 e. The highest BCUT2D eigenvalue weighted by molar-refractivity contribution is 5.99. The van der Waals surface area contributed by atoms with Crippen molar-refractivity contribution in [3.8, 4) is 11.5 Å². The van der Waals surface area contributed by atoms with Gasteiger partial charge in [-0.2, -0.15) is 0 Å². The Balaban J connectivity index is 1.74. The first-order valence-electron chi connectivity index (χ1n) is 17.1. The first-order chi connectivity index (χ1) is 20.1. The van der Waals surface area contributed by atoms with E-state index in [1.165, 1.54) is 123 Å². The van der Waals surface area contributed by atoms with Crippen LogP contribution >= 0.6 is 0 Å². The molecule has 0 fully saturated rings. The predicted octanol–water partition coefficient (Wildman–Crippen LogP) is 10.5. The molecule has 0 saturated carbocycles. The van der Waals surface area contributed by atoms with Crippen LogP contribution in [0.3, 0.4) is 0 Å². The fourth-order valence-electron chi connectivity index (χ4n) is 6.35. The number of methoxy groups -OCH3 is 1. The molecule has 2 aromatic carbocycles. The van der Waals surface area contributed by atoms with Crippen molar-refractivity contribution in [1.82, 2.24) is 0 Å². The van der Waals surface area contributed by atoms with Crippen molar-refractivity contribution in [1.29, 1.82) is 0 Å². The van der Waals surface area contributed by atoms with Crippen molar-refractivity contribution in [3.63, 3.8) is 0 Å². The van der Waals surface area contributed by atoms with E-state index in [9.17, 15) is 0 Å². The molecule has 3 nitrogen and oxygen atoms in total. The highest BCUT2D eigenvalue weighted by Crippen LogP contribution is 2.37. The topological polar surface area (TPSA) is 21.5 Å². The van der Waals surface area contributed by atoms with Crippen LogP contribution in [0.25, 0.3) is 0 Å². The van der Waals surface area contributed by atoms with Crippen LogP contribution in [0.4, 0.5) is 0 Å². The standard InChI is InChI=1S/C38H60NO2/c1-6-8-10-12-14-15-16-17-19-21-36-34-24-25-37(40-5)38(41-28-20-18-13-11-9-7-2)35(34)26-27-39(36)30-33-23-22-31(3)29-32(33)4/h22-25,29H,6-21,26-28,30H2,1-5H3/q+1. The number of fused-ring (bicyclic) bond motifs is 1. The van der Waals surface area contributed by atoms with Crippen LogP contribution in [-0.4, -0.2) is 30.5 Å². The smallest absolute Gasteiger partial charge is 0.184 e. The molecule has 0 atom stereocenters. The molecule has 0 amide bonds. The molecule has 0 aliphatic carbocycles. The number of rotatable bonds is 21. The summed E-state index contributed by atoms with van der Waals surface area (Å²) in [6, 6.07) is 11.4. The van der Waals surface area contributed by atoms with E-state index in [1.54, 1.807) is 7.11 Å². The Kier molecular flexibility index (Phi) is 15.4. The van der Waals surface area contributed by atoms with Gasteiger partial charge in [-0.1, -0.05) is 121 Å². The first-order valence-corrected chi connectivity index (χ1v) is 17.1. The van der Waals surface area contributed by atoms with Crippen molar-refractivity contribution < 1.29 is 14.0 Å². The van der Waals surface area contributed by atoms with Crippen LogP contribution in [0, 0.1) is 13.8 Å². The lowest BCUT2D eigenvalue weighted by molar-refractivity contribution is -0.545. The van der Waals surface area contributed by atoms with E-state index in [2.05, 4.69) is 62.6 Å². The van der Waals surface area contributed by atoms with Gasteiger partial charge < -0.3 is 9.47 Å². The Bertz CT molecular complexity index is 1070.